The van der Waals surface area contributed by atoms with Crippen molar-refractivity contribution in [1.29, 1.82) is 0 Å². The Kier molecular flexibility index (Phi) is 5.03. The number of carbonyl (C=O) groups is 1. The molecule has 0 spiro atoms. The molecule has 1 aromatic heterocycles. The van der Waals surface area contributed by atoms with E-state index in [-0.39, 0.29) is 5.89 Å². The van der Waals surface area contributed by atoms with E-state index in [1.54, 1.807) is 29.2 Å². The van der Waals surface area contributed by atoms with Crippen molar-refractivity contribution in [2.75, 3.05) is 26.0 Å². The van der Waals surface area contributed by atoms with Gasteiger partial charge in [-0.3, -0.25) is 4.79 Å². The smallest absolute Gasteiger partial charge is 0.336 e. The number of hydrogen-bond donors (Lipinski definition) is 0. The van der Waals surface area contributed by atoms with Gasteiger partial charge in [0.2, 0.25) is 15.7 Å². The highest BCUT2D eigenvalue weighted by Gasteiger charge is 2.29. The zero-order valence-corrected chi connectivity index (χ0v) is 14.7. The molecule has 3 rings (SSSR count). The van der Waals surface area contributed by atoms with Gasteiger partial charge in [0.25, 0.3) is 5.89 Å². The number of benzene rings is 1. The third-order valence-corrected chi connectivity index (χ3v) is 5.36. The van der Waals surface area contributed by atoms with Crippen LogP contribution in [0.1, 0.15) is 19.3 Å². The van der Waals surface area contributed by atoms with Crippen molar-refractivity contribution in [2.24, 2.45) is 0 Å². The van der Waals surface area contributed by atoms with Crippen LogP contribution in [-0.4, -0.2) is 55.4 Å². The van der Waals surface area contributed by atoms with Gasteiger partial charge in [-0.15, -0.1) is 5.10 Å². The standard InChI is InChI=1S/C16H19N3O5S/c1-23-13-8-4-3-7-12(13)15-17-18-16(24-15)25(21,22)11-14(20)19-9-5-2-6-10-19/h3-4,7-8H,2,5-6,9-11H2,1H3. The van der Waals surface area contributed by atoms with Crippen molar-refractivity contribution in [1.82, 2.24) is 15.1 Å². The van der Waals surface area contributed by atoms with Crippen molar-refractivity contribution < 1.29 is 22.4 Å². The number of ether oxygens (including phenoxy) is 1. The summed E-state index contributed by atoms with van der Waals surface area (Å²) < 4.78 is 35.3. The lowest BCUT2D eigenvalue weighted by Crippen LogP contribution is -2.39. The van der Waals surface area contributed by atoms with Gasteiger partial charge in [-0.1, -0.05) is 17.2 Å². The highest BCUT2D eigenvalue weighted by atomic mass is 32.2. The zero-order valence-electron chi connectivity index (χ0n) is 13.8. The first kappa shape index (κ1) is 17.4. The fourth-order valence-corrected chi connectivity index (χ4v) is 3.73. The van der Waals surface area contributed by atoms with E-state index in [1.807, 2.05) is 0 Å². The molecular weight excluding hydrogens is 346 g/mol. The van der Waals surface area contributed by atoms with E-state index in [4.69, 9.17) is 9.15 Å². The van der Waals surface area contributed by atoms with Gasteiger partial charge in [0, 0.05) is 13.1 Å². The molecule has 0 unspecified atom stereocenters. The van der Waals surface area contributed by atoms with Crippen molar-refractivity contribution >= 4 is 15.7 Å². The number of para-hydroxylation sites is 1. The molecule has 0 radical (unpaired) electrons. The Bertz CT molecular complexity index is 856. The number of rotatable bonds is 5. The van der Waals surface area contributed by atoms with E-state index in [0.717, 1.165) is 19.3 Å². The molecular formula is C16H19N3O5S. The highest BCUT2D eigenvalue weighted by Crippen LogP contribution is 2.29. The average molecular weight is 365 g/mol. The van der Waals surface area contributed by atoms with E-state index < -0.39 is 26.7 Å². The van der Waals surface area contributed by atoms with Crippen LogP contribution >= 0.6 is 0 Å². The highest BCUT2D eigenvalue weighted by molar-refractivity contribution is 7.91. The number of carbonyl (C=O) groups excluding carboxylic acids is 1. The lowest BCUT2D eigenvalue weighted by atomic mass is 10.1. The van der Waals surface area contributed by atoms with Gasteiger partial charge >= 0.3 is 5.22 Å². The Morgan fingerprint density at radius 2 is 1.92 bits per heavy atom. The molecule has 25 heavy (non-hydrogen) atoms. The summed E-state index contributed by atoms with van der Waals surface area (Å²) in [5.41, 5.74) is 0.487. The molecule has 1 aliphatic rings. The molecule has 1 aromatic carbocycles. The van der Waals surface area contributed by atoms with Crippen LogP contribution in [-0.2, 0) is 14.6 Å². The predicted octanol–water partition coefficient (Wildman–Crippen LogP) is 1.53. The molecule has 134 valence electrons. The molecule has 0 N–H and O–H groups in total. The van der Waals surface area contributed by atoms with Gasteiger partial charge in [0.1, 0.15) is 11.5 Å². The number of sulfone groups is 1. The molecule has 8 nitrogen and oxygen atoms in total. The monoisotopic (exact) mass is 365 g/mol. The molecule has 1 saturated heterocycles. The third-order valence-electron chi connectivity index (χ3n) is 4.03. The van der Waals surface area contributed by atoms with Crippen LogP contribution in [0.2, 0.25) is 0 Å². The lowest BCUT2D eigenvalue weighted by molar-refractivity contribution is -0.129. The Morgan fingerprint density at radius 3 is 2.64 bits per heavy atom. The van der Waals surface area contributed by atoms with Crippen molar-refractivity contribution in [3.63, 3.8) is 0 Å². The van der Waals surface area contributed by atoms with Gasteiger partial charge in [-0.25, -0.2) is 8.42 Å². The summed E-state index contributed by atoms with van der Waals surface area (Å²) in [7, 11) is -2.50. The average Bonchev–Trinajstić information content (AvgIpc) is 3.13. The normalized spacial score (nSPS) is 15.2. The number of piperidine rings is 1. The van der Waals surface area contributed by atoms with Crippen LogP contribution in [0, 0.1) is 0 Å². The van der Waals surface area contributed by atoms with Gasteiger partial charge in [0.05, 0.1) is 12.7 Å². The Morgan fingerprint density at radius 1 is 1.20 bits per heavy atom. The number of hydrogen-bond acceptors (Lipinski definition) is 7. The second-order valence-corrected chi connectivity index (χ2v) is 7.64. The van der Waals surface area contributed by atoms with E-state index >= 15 is 0 Å². The largest absolute Gasteiger partial charge is 0.496 e. The maximum absolute atomic E-state index is 12.4. The zero-order chi connectivity index (χ0) is 17.9. The molecule has 0 atom stereocenters. The summed E-state index contributed by atoms with van der Waals surface area (Å²) in [6.07, 6.45) is 2.84. The molecule has 0 saturated carbocycles. The van der Waals surface area contributed by atoms with Crippen LogP contribution in [0.4, 0.5) is 0 Å². The summed E-state index contributed by atoms with van der Waals surface area (Å²) in [5.74, 6) is -0.585. The Labute approximate surface area is 145 Å². The number of aromatic nitrogens is 2. The van der Waals surface area contributed by atoms with E-state index in [0.29, 0.717) is 24.4 Å². The first-order valence-corrected chi connectivity index (χ1v) is 9.64. The van der Waals surface area contributed by atoms with E-state index in [9.17, 15) is 13.2 Å². The fourth-order valence-electron chi connectivity index (χ4n) is 2.72. The number of nitrogens with zero attached hydrogens (tertiary/aromatic N) is 3. The van der Waals surface area contributed by atoms with Gasteiger partial charge in [0.15, 0.2) is 0 Å². The van der Waals surface area contributed by atoms with Crippen LogP contribution in [0.5, 0.6) is 5.75 Å². The minimum absolute atomic E-state index is 0.0291. The molecule has 2 aromatic rings. The molecule has 1 amide bonds. The topological polar surface area (TPSA) is 103 Å². The van der Waals surface area contributed by atoms with Crippen LogP contribution < -0.4 is 4.74 Å². The minimum atomic E-state index is -3.99. The van der Waals surface area contributed by atoms with Gasteiger partial charge < -0.3 is 14.1 Å². The first-order valence-electron chi connectivity index (χ1n) is 7.99. The van der Waals surface area contributed by atoms with Crippen LogP contribution in [0.3, 0.4) is 0 Å². The first-order chi connectivity index (χ1) is 12.0. The van der Waals surface area contributed by atoms with Crippen molar-refractivity contribution in [3.05, 3.63) is 24.3 Å². The summed E-state index contributed by atoms with van der Waals surface area (Å²) in [6.45, 7) is 1.18. The Balaban J connectivity index is 1.79. The maximum Gasteiger partial charge on any atom is 0.336 e. The van der Waals surface area contributed by atoms with Gasteiger partial charge in [-0.2, -0.15) is 0 Å². The number of likely N-dealkylation sites (tertiary alicyclic amines) is 1. The molecule has 1 aliphatic heterocycles. The second kappa shape index (κ2) is 7.22. The molecule has 0 bridgehead atoms. The summed E-state index contributed by atoms with van der Waals surface area (Å²) >= 11 is 0. The lowest BCUT2D eigenvalue weighted by Gasteiger charge is -2.26. The number of methoxy groups -OCH3 is 1. The van der Waals surface area contributed by atoms with Crippen molar-refractivity contribution in [3.8, 4) is 17.2 Å². The summed E-state index contributed by atoms with van der Waals surface area (Å²) in [5, 5.41) is 6.83. The Hall–Kier alpha value is -2.42. The summed E-state index contributed by atoms with van der Waals surface area (Å²) in [6, 6.07) is 6.90. The molecule has 1 fully saturated rings. The molecule has 2 heterocycles. The summed E-state index contributed by atoms with van der Waals surface area (Å²) in [4.78, 5) is 13.8. The van der Waals surface area contributed by atoms with Crippen LogP contribution in [0.15, 0.2) is 33.9 Å². The predicted molar refractivity (Wildman–Crippen MR) is 88.8 cm³/mol. The van der Waals surface area contributed by atoms with Crippen molar-refractivity contribution in [2.45, 2.75) is 24.5 Å². The van der Waals surface area contributed by atoms with Crippen LogP contribution in [0.25, 0.3) is 11.5 Å². The van der Waals surface area contributed by atoms with E-state index in [1.165, 1.54) is 7.11 Å². The van der Waals surface area contributed by atoms with E-state index in [2.05, 4.69) is 10.2 Å². The molecule has 0 aliphatic carbocycles. The third kappa shape index (κ3) is 3.81. The molecule has 9 heteroatoms. The minimum Gasteiger partial charge on any atom is -0.496 e. The number of amides is 1. The van der Waals surface area contributed by atoms with Gasteiger partial charge in [-0.05, 0) is 31.4 Å². The maximum atomic E-state index is 12.4. The fraction of sp³-hybridized carbons (Fsp3) is 0.438. The quantitative estimate of drug-likeness (QED) is 0.791. The SMILES string of the molecule is COc1ccccc1-c1nnc(S(=O)(=O)CC(=O)N2CCCCC2)o1. The second-order valence-electron chi connectivity index (χ2n) is 5.77.